The van der Waals surface area contributed by atoms with Crippen LogP contribution >= 0.6 is 0 Å². The van der Waals surface area contributed by atoms with Crippen LogP contribution in [0.25, 0.3) is 0 Å². The SMILES string of the molecule is C=C1C(=O)N=C(n2nc(C(C)(C)C)cc2NC(=O)c2cn(C)nc2OC)N=C1C. The molecule has 0 saturated carbocycles. The molecule has 10 heteroatoms. The molecular formula is C19H23N7O3. The first-order valence-electron chi connectivity index (χ1n) is 8.88. The lowest BCUT2D eigenvalue weighted by Crippen LogP contribution is -2.25. The van der Waals surface area contributed by atoms with Gasteiger partial charge >= 0.3 is 0 Å². The smallest absolute Gasteiger partial charge is 0.281 e. The van der Waals surface area contributed by atoms with E-state index < -0.39 is 11.8 Å². The van der Waals surface area contributed by atoms with Crippen LogP contribution in [0.1, 0.15) is 43.7 Å². The van der Waals surface area contributed by atoms with Crippen LogP contribution in [0.5, 0.6) is 5.88 Å². The van der Waals surface area contributed by atoms with Gasteiger partial charge in [-0.2, -0.15) is 14.8 Å². The Morgan fingerprint density at radius 3 is 2.52 bits per heavy atom. The van der Waals surface area contributed by atoms with Gasteiger partial charge in [0.15, 0.2) is 0 Å². The lowest BCUT2D eigenvalue weighted by atomic mass is 9.92. The Morgan fingerprint density at radius 1 is 1.24 bits per heavy atom. The van der Waals surface area contributed by atoms with Crippen molar-refractivity contribution in [1.82, 2.24) is 19.6 Å². The lowest BCUT2D eigenvalue weighted by molar-refractivity contribution is -0.113. The summed E-state index contributed by atoms with van der Waals surface area (Å²) in [6, 6.07) is 1.72. The minimum atomic E-state index is -0.494. The first kappa shape index (κ1) is 20.2. The van der Waals surface area contributed by atoms with Crippen molar-refractivity contribution in [3.8, 4) is 5.88 Å². The van der Waals surface area contributed by atoms with Gasteiger partial charge in [-0.3, -0.25) is 14.3 Å². The van der Waals surface area contributed by atoms with Gasteiger partial charge in [-0.15, -0.1) is 5.10 Å². The van der Waals surface area contributed by atoms with Crippen LogP contribution in [0.4, 0.5) is 5.82 Å². The quantitative estimate of drug-likeness (QED) is 0.795. The van der Waals surface area contributed by atoms with Gasteiger partial charge in [-0.1, -0.05) is 27.4 Å². The molecule has 3 heterocycles. The molecule has 3 rings (SSSR count). The number of amides is 2. The van der Waals surface area contributed by atoms with Crippen LogP contribution in [0.2, 0.25) is 0 Å². The van der Waals surface area contributed by atoms with Gasteiger partial charge in [0.05, 0.1) is 24.1 Å². The van der Waals surface area contributed by atoms with Crippen LogP contribution in [-0.4, -0.2) is 50.2 Å². The monoisotopic (exact) mass is 397 g/mol. The maximum absolute atomic E-state index is 12.8. The van der Waals surface area contributed by atoms with E-state index in [0.29, 0.717) is 17.2 Å². The third-order valence-corrected chi connectivity index (χ3v) is 4.31. The molecule has 0 spiro atoms. The fourth-order valence-electron chi connectivity index (χ4n) is 2.60. The number of hydrogen-bond acceptors (Lipinski definition) is 6. The van der Waals surface area contributed by atoms with Crippen LogP contribution in [0.15, 0.2) is 34.4 Å². The number of nitrogens with one attached hydrogen (secondary N) is 1. The molecule has 1 aliphatic rings. The maximum Gasteiger partial charge on any atom is 0.281 e. The molecule has 2 aromatic heterocycles. The van der Waals surface area contributed by atoms with Gasteiger partial charge in [-0.05, 0) is 6.92 Å². The number of ether oxygens (including phenoxy) is 1. The van der Waals surface area contributed by atoms with Crippen LogP contribution in [0.3, 0.4) is 0 Å². The highest BCUT2D eigenvalue weighted by atomic mass is 16.5. The molecule has 0 bridgehead atoms. The Hall–Kier alpha value is -3.56. The molecule has 1 N–H and O–H groups in total. The van der Waals surface area contributed by atoms with E-state index in [-0.39, 0.29) is 28.4 Å². The maximum atomic E-state index is 12.8. The van der Waals surface area contributed by atoms with Gasteiger partial charge in [-0.25, -0.2) is 4.99 Å². The summed E-state index contributed by atoms with van der Waals surface area (Å²) < 4.78 is 7.98. The molecule has 152 valence electrons. The Balaban J connectivity index is 2.05. The summed E-state index contributed by atoms with van der Waals surface area (Å²) in [5.41, 5.74) is 1.31. The summed E-state index contributed by atoms with van der Waals surface area (Å²) in [5.74, 6) is -0.358. The summed E-state index contributed by atoms with van der Waals surface area (Å²) in [6.45, 7) is 11.3. The number of hydrogen-bond donors (Lipinski definition) is 1. The van der Waals surface area contributed by atoms with Gasteiger partial charge in [0, 0.05) is 24.7 Å². The van der Waals surface area contributed by atoms with Crippen molar-refractivity contribution in [2.24, 2.45) is 17.0 Å². The van der Waals surface area contributed by atoms with Crippen LogP contribution in [0, 0.1) is 0 Å². The predicted octanol–water partition coefficient (Wildman–Crippen LogP) is 1.94. The van der Waals surface area contributed by atoms with E-state index in [4.69, 9.17) is 4.74 Å². The Labute approximate surface area is 168 Å². The van der Waals surface area contributed by atoms with E-state index in [0.717, 1.165) is 0 Å². The Bertz CT molecular complexity index is 1080. The minimum absolute atomic E-state index is 0.0591. The van der Waals surface area contributed by atoms with Crippen molar-refractivity contribution in [1.29, 1.82) is 0 Å². The van der Waals surface area contributed by atoms with Gasteiger partial charge < -0.3 is 10.1 Å². The number of nitrogens with zero attached hydrogens (tertiary/aromatic N) is 6. The average molecular weight is 397 g/mol. The largest absolute Gasteiger partial charge is 0.479 e. The fourth-order valence-corrected chi connectivity index (χ4v) is 2.60. The van der Waals surface area contributed by atoms with Crippen molar-refractivity contribution in [3.63, 3.8) is 0 Å². The van der Waals surface area contributed by atoms with E-state index in [1.165, 1.54) is 16.5 Å². The zero-order valence-corrected chi connectivity index (χ0v) is 17.3. The summed E-state index contributed by atoms with van der Waals surface area (Å²) in [4.78, 5) is 33.2. The second kappa shape index (κ2) is 7.12. The molecular weight excluding hydrogens is 374 g/mol. The highest BCUT2D eigenvalue weighted by Crippen LogP contribution is 2.26. The predicted molar refractivity (Wildman–Crippen MR) is 109 cm³/mol. The van der Waals surface area contributed by atoms with E-state index in [9.17, 15) is 9.59 Å². The highest BCUT2D eigenvalue weighted by molar-refractivity contribution is 6.28. The lowest BCUT2D eigenvalue weighted by Gasteiger charge is -2.14. The van der Waals surface area contributed by atoms with Crippen molar-refractivity contribution >= 4 is 29.3 Å². The summed E-state index contributed by atoms with van der Waals surface area (Å²) in [7, 11) is 3.13. The van der Waals surface area contributed by atoms with Gasteiger partial charge in [0.25, 0.3) is 17.8 Å². The molecule has 2 aromatic rings. The average Bonchev–Trinajstić information content (AvgIpc) is 3.22. The van der Waals surface area contributed by atoms with E-state index in [2.05, 4.69) is 32.1 Å². The zero-order chi connectivity index (χ0) is 21.5. The van der Waals surface area contributed by atoms with E-state index in [1.807, 2.05) is 20.8 Å². The first-order chi connectivity index (χ1) is 13.5. The van der Waals surface area contributed by atoms with Crippen LogP contribution < -0.4 is 10.1 Å². The van der Waals surface area contributed by atoms with Gasteiger partial charge in [0.1, 0.15) is 11.4 Å². The number of aliphatic imine (C=N–C) groups is 2. The molecule has 10 nitrogen and oxygen atoms in total. The molecule has 1 aliphatic heterocycles. The molecule has 2 amide bonds. The Kier molecular flexibility index (Phi) is 4.95. The van der Waals surface area contributed by atoms with Crippen molar-refractivity contribution in [2.75, 3.05) is 12.4 Å². The molecule has 0 aromatic carbocycles. The number of aromatic nitrogens is 4. The van der Waals surface area contributed by atoms with Crippen molar-refractivity contribution in [2.45, 2.75) is 33.1 Å². The number of carbonyl (C=O) groups excluding carboxylic acids is 2. The van der Waals surface area contributed by atoms with E-state index in [1.54, 1.807) is 26.2 Å². The molecule has 29 heavy (non-hydrogen) atoms. The number of anilines is 1. The van der Waals surface area contributed by atoms with E-state index >= 15 is 0 Å². The topological polar surface area (TPSA) is 116 Å². The molecule has 0 unspecified atom stereocenters. The van der Waals surface area contributed by atoms with Crippen LogP contribution in [-0.2, 0) is 17.3 Å². The third kappa shape index (κ3) is 3.86. The number of methoxy groups -OCH3 is 1. The second-order valence-corrected chi connectivity index (χ2v) is 7.65. The third-order valence-electron chi connectivity index (χ3n) is 4.31. The first-order valence-corrected chi connectivity index (χ1v) is 8.88. The second-order valence-electron chi connectivity index (χ2n) is 7.65. The fraction of sp³-hybridized carbons (Fsp3) is 0.368. The molecule has 0 aliphatic carbocycles. The molecule has 0 saturated heterocycles. The zero-order valence-electron chi connectivity index (χ0n) is 17.3. The highest BCUT2D eigenvalue weighted by Gasteiger charge is 2.26. The Morgan fingerprint density at radius 2 is 1.93 bits per heavy atom. The minimum Gasteiger partial charge on any atom is -0.479 e. The molecule has 0 fully saturated rings. The van der Waals surface area contributed by atoms with Crippen molar-refractivity contribution in [3.05, 3.63) is 35.7 Å². The standard InChI is InChI=1S/C19H23N7O3/c1-10-11(2)20-18(22-15(10)27)26-14(8-13(23-26)19(3,4)5)21-16(28)12-9-25(6)24-17(12)29-7/h8-9H,1H2,2-7H3,(H,21,28). The number of rotatable bonds is 3. The molecule has 0 atom stereocenters. The molecule has 0 radical (unpaired) electrons. The number of aryl methyl sites for hydroxylation is 1. The summed E-state index contributed by atoms with van der Waals surface area (Å²) in [6.07, 6.45) is 1.55. The summed E-state index contributed by atoms with van der Waals surface area (Å²) in [5, 5.41) is 11.4. The van der Waals surface area contributed by atoms with Gasteiger partial charge in [0.2, 0.25) is 5.88 Å². The summed E-state index contributed by atoms with van der Waals surface area (Å²) >= 11 is 0. The normalized spacial score (nSPS) is 14.6. The van der Waals surface area contributed by atoms with Crippen molar-refractivity contribution < 1.29 is 14.3 Å². The number of carbonyl (C=O) groups is 2.